The number of likely N-dealkylation sites (N-methyl/N-ethyl adjacent to an activating group) is 1. The molecular weight excluding hydrogens is 506 g/mol. The van der Waals surface area contributed by atoms with E-state index in [2.05, 4.69) is 18.7 Å². The second-order valence-corrected chi connectivity index (χ2v) is 9.39. The van der Waals surface area contributed by atoms with Gasteiger partial charge in [-0.05, 0) is 36.3 Å². The molecule has 0 atom stereocenters. The number of carbonyl (C=O) groups excluding carboxylic acids is 1. The number of amides is 1. The number of halogens is 1. The van der Waals surface area contributed by atoms with E-state index in [1.54, 1.807) is 14.2 Å². The van der Waals surface area contributed by atoms with Crippen LogP contribution in [-0.2, 0) is 4.79 Å². The maximum Gasteiger partial charge on any atom is 0.240 e. The molecule has 0 saturated carbocycles. The largest absolute Gasteiger partial charge is 0.495 e. The second-order valence-electron chi connectivity index (χ2n) is 8.42. The quantitative estimate of drug-likeness (QED) is 0.226. The predicted octanol–water partition coefficient (Wildman–Crippen LogP) is 6.24. The van der Waals surface area contributed by atoms with E-state index in [-0.39, 0.29) is 18.3 Å². The third kappa shape index (κ3) is 6.24. The Labute approximate surface area is 229 Å². The van der Waals surface area contributed by atoms with Gasteiger partial charge in [0.25, 0.3) is 0 Å². The van der Waals surface area contributed by atoms with Gasteiger partial charge in [0.1, 0.15) is 21.7 Å². The van der Waals surface area contributed by atoms with Crippen LogP contribution in [0.4, 0.5) is 5.13 Å². The van der Waals surface area contributed by atoms with Crippen LogP contribution in [0.2, 0.25) is 0 Å². The van der Waals surface area contributed by atoms with Crippen molar-refractivity contribution in [3.63, 3.8) is 0 Å². The highest BCUT2D eigenvalue weighted by Gasteiger charge is 2.31. The summed E-state index contributed by atoms with van der Waals surface area (Å²) in [6.45, 7) is 7.39. The topological polar surface area (TPSA) is 54.9 Å². The minimum absolute atomic E-state index is 0. The second kappa shape index (κ2) is 13.4. The van der Waals surface area contributed by atoms with Crippen LogP contribution >= 0.6 is 23.7 Å². The van der Waals surface area contributed by atoms with E-state index in [9.17, 15) is 4.79 Å². The van der Waals surface area contributed by atoms with E-state index in [1.165, 1.54) is 11.3 Å². The normalized spacial score (nSPS) is 11.0. The van der Waals surface area contributed by atoms with Crippen molar-refractivity contribution in [2.45, 2.75) is 19.8 Å². The van der Waals surface area contributed by atoms with Gasteiger partial charge in [-0.25, -0.2) is 4.98 Å². The number of benzene rings is 3. The van der Waals surface area contributed by atoms with Crippen molar-refractivity contribution in [1.29, 1.82) is 0 Å². The van der Waals surface area contributed by atoms with Crippen LogP contribution in [0.5, 0.6) is 11.5 Å². The molecule has 0 bridgehead atoms. The zero-order valence-corrected chi connectivity index (χ0v) is 23.3. The van der Waals surface area contributed by atoms with Crippen molar-refractivity contribution < 1.29 is 14.3 Å². The number of rotatable bonds is 11. The molecule has 6 nitrogen and oxygen atoms in total. The first-order chi connectivity index (χ1) is 17.6. The molecule has 0 fully saturated rings. The highest BCUT2D eigenvalue weighted by Crippen LogP contribution is 2.41. The van der Waals surface area contributed by atoms with E-state index in [1.807, 2.05) is 77.7 Å². The van der Waals surface area contributed by atoms with Crippen molar-refractivity contribution in [2.24, 2.45) is 0 Å². The Morgan fingerprint density at radius 1 is 0.838 bits per heavy atom. The van der Waals surface area contributed by atoms with Crippen molar-refractivity contribution in [2.75, 3.05) is 45.3 Å². The number of fused-ring (bicyclic) bond motifs is 1. The van der Waals surface area contributed by atoms with Gasteiger partial charge in [-0.1, -0.05) is 85.8 Å². The Bertz CT molecular complexity index is 1200. The van der Waals surface area contributed by atoms with Gasteiger partial charge < -0.3 is 14.4 Å². The summed E-state index contributed by atoms with van der Waals surface area (Å²) in [5, 5.41) is 0.641. The molecule has 0 unspecified atom stereocenters. The van der Waals surface area contributed by atoms with E-state index in [4.69, 9.17) is 14.5 Å². The fourth-order valence-corrected chi connectivity index (χ4v) is 5.50. The number of nitrogens with zero attached hydrogens (tertiary/aromatic N) is 3. The Balaban J connectivity index is 0.00000380. The van der Waals surface area contributed by atoms with Crippen LogP contribution in [0.1, 0.15) is 30.9 Å². The smallest absolute Gasteiger partial charge is 0.240 e. The fraction of sp³-hybridized carbons (Fsp3) is 0.310. The summed E-state index contributed by atoms with van der Waals surface area (Å²) in [4.78, 5) is 23.5. The third-order valence-electron chi connectivity index (χ3n) is 6.44. The third-order valence-corrected chi connectivity index (χ3v) is 7.54. The summed E-state index contributed by atoms with van der Waals surface area (Å²) in [6.07, 6.45) is 0. The molecule has 1 aromatic heterocycles. The maximum atomic E-state index is 14.4. The fourth-order valence-electron chi connectivity index (χ4n) is 4.40. The Morgan fingerprint density at radius 3 is 1.89 bits per heavy atom. The first-order valence-corrected chi connectivity index (χ1v) is 13.1. The number of aromatic nitrogens is 1. The van der Waals surface area contributed by atoms with Gasteiger partial charge in [0.2, 0.25) is 5.91 Å². The van der Waals surface area contributed by atoms with Crippen LogP contribution in [0.25, 0.3) is 10.2 Å². The lowest BCUT2D eigenvalue weighted by atomic mass is 9.90. The number of carbonyl (C=O) groups is 1. The Morgan fingerprint density at radius 2 is 1.38 bits per heavy atom. The van der Waals surface area contributed by atoms with E-state index in [0.717, 1.165) is 35.5 Å². The predicted molar refractivity (Wildman–Crippen MR) is 155 cm³/mol. The molecule has 0 radical (unpaired) electrons. The van der Waals surface area contributed by atoms with Gasteiger partial charge in [0.05, 0.1) is 20.1 Å². The summed E-state index contributed by atoms with van der Waals surface area (Å²) in [6, 6.07) is 23.7. The molecule has 0 saturated heterocycles. The number of ether oxygens (including phenoxy) is 2. The van der Waals surface area contributed by atoms with Gasteiger partial charge >= 0.3 is 0 Å². The number of methoxy groups -OCH3 is 2. The summed E-state index contributed by atoms with van der Waals surface area (Å²) >= 11 is 1.46. The SMILES string of the molecule is CCN(CC)CCN(C(=O)C(c1ccccc1)c1ccccc1)c1nc2c(OC)ccc(OC)c2s1.Cl. The van der Waals surface area contributed by atoms with E-state index < -0.39 is 5.92 Å². The van der Waals surface area contributed by atoms with Crippen LogP contribution in [-0.4, -0.2) is 56.2 Å². The van der Waals surface area contributed by atoms with Crippen LogP contribution in [0.15, 0.2) is 72.8 Å². The summed E-state index contributed by atoms with van der Waals surface area (Å²) in [5.41, 5.74) is 2.61. The van der Waals surface area contributed by atoms with E-state index >= 15 is 0 Å². The highest BCUT2D eigenvalue weighted by molar-refractivity contribution is 7.22. The first kappa shape index (κ1) is 28.4. The lowest BCUT2D eigenvalue weighted by Crippen LogP contribution is -2.41. The first-order valence-electron chi connectivity index (χ1n) is 12.3. The zero-order valence-electron chi connectivity index (χ0n) is 21.7. The number of anilines is 1. The Hall–Kier alpha value is -3.13. The van der Waals surface area contributed by atoms with E-state index in [0.29, 0.717) is 28.7 Å². The van der Waals surface area contributed by atoms with Gasteiger partial charge in [-0.15, -0.1) is 12.4 Å². The molecule has 0 spiro atoms. The minimum Gasteiger partial charge on any atom is -0.495 e. The van der Waals surface area contributed by atoms with Crippen LogP contribution in [0, 0.1) is 0 Å². The van der Waals surface area contributed by atoms with Gasteiger partial charge in [0, 0.05) is 13.1 Å². The summed E-state index contributed by atoms with van der Waals surface area (Å²) in [7, 11) is 3.27. The standard InChI is InChI=1S/C29H33N3O3S.ClH/c1-5-31(6-2)19-20-32(29-30-26-23(34-3)17-18-24(35-4)27(26)36-29)28(33)25(21-13-9-7-10-14-21)22-15-11-8-12-16-22;/h7-18,25H,5-6,19-20H2,1-4H3;1H. The molecule has 1 heterocycles. The molecule has 0 aliphatic carbocycles. The van der Waals surface area contributed by atoms with Crippen molar-refractivity contribution in [3.8, 4) is 11.5 Å². The maximum absolute atomic E-state index is 14.4. The molecule has 0 aliphatic heterocycles. The van der Waals surface area contributed by atoms with Gasteiger partial charge in [-0.2, -0.15) is 0 Å². The molecule has 0 N–H and O–H groups in total. The van der Waals surface area contributed by atoms with Gasteiger partial charge in [0.15, 0.2) is 5.13 Å². The molecule has 8 heteroatoms. The average Bonchev–Trinajstić information content (AvgIpc) is 3.37. The molecule has 0 aliphatic rings. The molecule has 1 amide bonds. The lowest BCUT2D eigenvalue weighted by molar-refractivity contribution is -0.119. The molecule has 4 aromatic rings. The summed E-state index contributed by atoms with van der Waals surface area (Å²) in [5.74, 6) is 0.928. The van der Waals surface area contributed by atoms with Crippen molar-refractivity contribution in [3.05, 3.63) is 83.9 Å². The van der Waals surface area contributed by atoms with Crippen molar-refractivity contribution >= 4 is 45.0 Å². The Kier molecular flexibility index (Phi) is 10.3. The van der Waals surface area contributed by atoms with Crippen LogP contribution < -0.4 is 14.4 Å². The molecule has 4 rings (SSSR count). The molecule has 37 heavy (non-hydrogen) atoms. The molecule has 3 aromatic carbocycles. The summed E-state index contributed by atoms with van der Waals surface area (Å²) < 4.78 is 12.0. The highest BCUT2D eigenvalue weighted by atomic mass is 35.5. The number of hydrogen-bond acceptors (Lipinski definition) is 6. The molecular formula is C29H34ClN3O3S. The van der Waals surface area contributed by atoms with Crippen molar-refractivity contribution in [1.82, 2.24) is 9.88 Å². The number of thiazole rings is 1. The van der Waals surface area contributed by atoms with Gasteiger partial charge in [-0.3, -0.25) is 9.69 Å². The van der Waals surface area contributed by atoms with Crippen LogP contribution in [0.3, 0.4) is 0 Å². The minimum atomic E-state index is -0.445. The zero-order chi connectivity index (χ0) is 25.5. The lowest BCUT2D eigenvalue weighted by Gasteiger charge is -2.28. The monoisotopic (exact) mass is 539 g/mol. The average molecular weight is 540 g/mol. The number of hydrogen-bond donors (Lipinski definition) is 0. The molecule has 196 valence electrons.